The highest BCUT2D eigenvalue weighted by Gasteiger charge is 2.58. The maximum Gasteiger partial charge on any atom is 0.148 e. The van der Waals surface area contributed by atoms with Crippen LogP contribution in [-0.2, 0) is 9.63 Å². The van der Waals surface area contributed by atoms with Crippen LogP contribution in [0.3, 0.4) is 0 Å². The van der Waals surface area contributed by atoms with Crippen molar-refractivity contribution in [3.63, 3.8) is 0 Å². The zero-order chi connectivity index (χ0) is 15.8. The lowest BCUT2D eigenvalue weighted by molar-refractivity contribution is -0.150. The van der Waals surface area contributed by atoms with Crippen LogP contribution in [0.2, 0.25) is 0 Å². The van der Waals surface area contributed by atoms with E-state index in [1.807, 2.05) is 51.1 Å². The summed E-state index contributed by atoms with van der Waals surface area (Å²) in [4.78, 5) is 19.2. The molecule has 1 heterocycles. The van der Waals surface area contributed by atoms with Crippen LogP contribution in [0, 0.1) is 10.8 Å². The third kappa shape index (κ3) is 2.65. The zero-order valence-corrected chi connectivity index (χ0v) is 14.0. The quantitative estimate of drug-likeness (QED) is 0.842. The second-order valence-corrected chi connectivity index (χ2v) is 7.22. The number of hydroxylamine groups is 2. The van der Waals surface area contributed by atoms with Crippen LogP contribution in [0.1, 0.15) is 52.6 Å². The Bertz CT molecular complexity index is 506. The van der Waals surface area contributed by atoms with Gasteiger partial charge in [0.25, 0.3) is 0 Å². The molecule has 1 saturated heterocycles. The lowest BCUT2D eigenvalue weighted by Gasteiger charge is -2.37. The molecular weight excluding hydrogens is 262 g/mol. The molecule has 0 bridgehead atoms. The Kier molecular flexibility index (Phi) is 4.27. The van der Waals surface area contributed by atoms with Crippen molar-refractivity contribution < 1.29 is 9.63 Å². The van der Waals surface area contributed by atoms with Crippen molar-refractivity contribution in [2.45, 2.75) is 53.2 Å². The summed E-state index contributed by atoms with van der Waals surface area (Å²) < 4.78 is 0. The molecule has 2 rings (SSSR count). The maximum atomic E-state index is 13.2. The Labute approximate surface area is 128 Å². The van der Waals surface area contributed by atoms with E-state index in [4.69, 9.17) is 4.84 Å². The van der Waals surface area contributed by atoms with E-state index in [9.17, 15) is 4.79 Å². The van der Waals surface area contributed by atoms with Gasteiger partial charge >= 0.3 is 0 Å². The molecule has 0 saturated carbocycles. The van der Waals surface area contributed by atoms with Crippen molar-refractivity contribution in [2.75, 3.05) is 7.05 Å². The van der Waals surface area contributed by atoms with Gasteiger partial charge in [-0.3, -0.25) is 9.63 Å². The first-order chi connectivity index (χ1) is 9.72. The molecule has 21 heavy (non-hydrogen) atoms. The third-order valence-corrected chi connectivity index (χ3v) is 4.55. The average molecular weight is 289 g/mol. The number of benzene rings is 1. The Morgan fingerprint density at radius 3 is 2.33 bits per heavy atom. The van der Waals surface area contributed by atoms with Crippen LogP contribution in [0.25, 0.3) is 0 Å². The zero-order valence-electron chi connectivity index (χ0n) is 14.0. The molecule has 0 amide bonds. The van der Waals surface area contributed by atoms with Gasteiger partial charge in [-0.15, -0.1) is 0 Å². The minimum atomic E-state index is -0.539. The van der Waals surface area contributed by atoms with Crippen molar-refractivity contribution in [3.05, 3.63) is 35.9 Å². The van der Waals surface area contributed by atoms with Gasteiger partial charge in [0.05, 0.1) is 17.6 Å². The van der Waals surface area contributed by atoms with Crippen LogP contribution in [-0.4, -0.2) is 24.0 Å². The van der Waals surface area contributed by atoms with Crippen LogP contribution >= 0.6 is 0 Å². The van der Waals surface area contributed by atoms with Crippen LogP contribution < -0.4 is 0 Å². The number of hydrogen-bond donors (Lipinski definition) is 0. The summed E-state index contributed by atoms with van der Waals surface area (Å²) in [6.07, 6.45) is 0.742. The second kappa shape index (κ2) is 5.54. The number of nitrogens with zero attached hydrogens (tertiary/aromatic N) is 1. The number of carbonyl (C=O) groups excluding carboxylic acids is 1. The van der Waals surface area contributed by atoms with Crippen molar-refractivity contribution in [2.24, 2.45) is 10.8 Å². The Morgan fingerprint density at radius 1 is 1.29 bits per heavy atom. The summed E-state index contributed by atoms with van der Waals surface area (Å²) in [6, 6.07) is 10.2. The van der Waals surface area contributed by atoms with E-state index in [2.05, 4.69) is 26.0 Å². The molecule has 0 N–H and O–H groups in total. The summed E-state index contributed by atoms with van der Waals surface area (Å²) in [5, 5.41) is 1.87. The van der Waals surface area contributed by atoms with Crippen LogP contribution in [0.5, 0.6) is 0 Å². The van der Waals surface area contributed by atoms with Gasteiger partial charge in [-0.05, 0) is 18.9 Å². The van der Waals surface area contributed by atoms with E-state index >= 15 is 0 Å². The molecular formula is C18H27NO2. The first kappa shape index (κ1) is 16.2. The van der Waals surface area contributed by atoms with E-state index in [1.165, 1.54) is 0 Å². The fraction of sp³-hybridized carbons (Fsp3) is 0.611. The summed E-state index contributed by atoms with van der Waals surface area (Å²) in [7, 11) is 1.93. The molecule has 3 nitrogen and oxygen atoms in total. The van der Waals surface area contributed by atoms with Gasteiger partial charge < -0.3 is 0 Å². The standard InChI is InChI=1S/C18H27NO2/c1-7-14-18(5,16(20)17(2,3)4)15(19(6)21-14)13-11-9-8-10-12-13/h8-12,14-15H,7H2,1-6H3/t14-,15-,18-/m0/s1. The number of carbonyl (C=O) groups is 1. The van der Waals surface area contributed by atoms with Gasteiger partial charge in [-0.25, -0.2) is 0 Å². The fourth-order valence-electron chi connectivity index (χ4n) is 3.69. The Hall–Kier alpha value is -1.19. The first-order valence-corrected chi connectivity index (χ1v) is 7.72. The Balaban J connectivity index is 2.53. The number of ketones is 1. The number of rotatable bonds is 3. The molecule has 0 aromatic heterocycles. The third-order valence-electron chi connectivity index (χ3n) is 4.55. The van der Waals surface area contributed by atoms with Crippen molar-refractivity contribution in [1.82, 2.24) is 5.06 Å². The molecule has 1 aliphatic rings. The molecule has 3 atom stereocenters. The summed E-state index contributed by atoms with van der Waals surface area (Å²) in [5.41, 5.74) is 0.211. The van der Waals surface area contributed by atoms with Crippen molar-refractivity contribution in [1.29, 1.82) is 0 Å². The van der Waals surface area contributed by atoms with Gasteiger partial charge in [0.2, 0.25) is 0 Å². The molecule has 0 radical (unpaired) electrons. The molecule has 1 fully saturated rings. The normalized spacial score (nSPS) is 30.6. The minimum Gasteiger partial charge on any atom is -0.298 e. The number of Topliss-reactive ketones (excluding diaryl/α,β-unsaturated/α-hetero) is 1. The molecule has 1 aliphatic heterocycles. The van der Waals surface area contributed by atoms with Crippen molar-refractivity contribution >= 4 is 5.78 Å². The molecule has 1 aromatic rings. The molecule has 0 spiro atoms. The van der Waals surface area contributed by atoms with Gasteiger partial charge in [0.15, 0.2) is 0 Å². The highest BCUT2D eigenvalue weighted by atomic mass is 16.7. The molecule has 3 heteroatoms. The monoisotopic (exact) mass is 289 g/mol. The van der Waals surface area contributed by atoms with Gasteiger partial charge in [0.1, 0.15) is 5.78 Å². The molecule has 0 aliphatic carbocycles. The average Bonchev–Trinajstić information content (AvgIpc) is 2.69. The molecule has 116 valence electrons. The minimum absolute atomic E-state index is 0.0459. The number of hydrogen-bond acceptors (Lipinski definition) is 3. The van der Waals surface area contributed by atoms with Gasteiger partial charge in [-0.2, -0.15) is 5.06 Å². The molecule has 0 unspecified atom stereocenters. The lowest BCUT2D eigenvalue weighted by Crippen LogP contribution is -2.46. The highest BCUT2D eigenvalue weighted by molar-refractivity contribution is 5.90. The smallest absolute Gasteiger partial charge is 0.148 e. The SMILES string of the molecule is CC[C@@H]1ON(C)[C@@H](c2ccccc2)[C@@]1(C)C(=O)C(C)(C)C. The van der Waals surface area contributed by atoms with E-state index in [0.29, 0.717) is 0 Å². The van der Waals surface area contributed by atoms with E-state index < -0.39 is 5.41 Å². The summed E-state index contributed by atoms with van der Waals surface area (Å²) in [6.45, 7) is 10.1. The summed E-state index contributed by atoms with van der Waals surface area (Å²) >= 11 is 0. The van der Waals surface area contributed by atoms with Gasteiger partial charge in [0, 0.05) is 12.5 Å². The van der Waals surface area contributed by atoms with E-state index in [1.54, 1.807) is 0 Å². The van der Waals surface area contributed by atoms with Gasteiger partial charge in [-0.1, -0.05) is 58.0 Å². The highest BCUT2D eigenvalue weighted by Crippen LogP contribution is 2.52. The van der Waals surface area contributed by atoms with E-state index in [0.717, 1.165) is 12.0 Å². The van der Waals surface area contributed by atoms with Crippen LogP contribution in [0.15, 0.2) is 30.3 Å². The predicted octanol–water partition coefficient (Wildman–Crippen LogP) is 4.00. The molecule has 1 aromatic carbocycles. The topological polar surface area (TPSA) is 29.5 Å². The second-order valence-electron chi connectivity index (χ2n) is 7.22. The lowest BCUT2D eigenvalue weighted by atomic mass is 9.65. The Morgan fingerprint density at radius 2 is 1.86 bits per heavy atom. The predicted molar refractivity (Wildman–Crippen MR) is 84.7 cm³/mol. The largest absolute Gasteiger partial charge is 0.298 e. The fourth-order valence-corrected chi connectivity index (χ4v) is 3.69. The first-order valence-electron chi connectivity index (χ1n) is 7.72. The summed E-state index contributed by atoms with van der Waals surface area (Å²) in [5.74, 6) is 0.264. The van der Waals surface area contributed by atoms with E-state index in [-0.39, 0.29) is 23.3 Å². The van der Waals surface area contributed by atoms with Crippen LogP contribution in [0.4, 0.5) is 0 Å². The maximum absolute atomic E-state index is 13.2. The van der Waals surface area contributed by atoms with Crippen molar-refractivity contribution in [3.8, 4) is 0 Å².